The van der Waals surface area contributed by atoms with Gasteiger partial charge in [0, 0.05) is 0 Å². The average Bonchev–Trinajstić information content (AvgIpc) is 2.93. The van der Waals surface area contributed by atoms with Crippen LogP contribution in [0.25, 0.3) is 0 Å². The van der Waals surface area contributed by atoms with Gasteiger partial charge in [0.25, 0.3) is 0 Å². The Morgan fingerprint density at radius 2 is 1.00 bits per heavy atom. The van der Waals surface area contributed by atoms with Gasteiger partial charge in [-0.2, -0.15) is 0 Å². The van der Waals surface area contributed by atoms with E-state index >= 15 is 0 Å². The fourth-order valence-corrected chi connectivity index (χ4v) is 9.41. The summed E-state index contributed by atoms with van der Waals surface area (Å²) in [5.41, 5.74) is 2.28. The van der Waals surface area contributed by atoms with Crippen molar-refractivity contribution in [1.29, 1.82) is 0 Å². The minimum atomic E-state index is -2.42. The van der Waals surface area contributed by atoms with Crippen LogP contribution in [0.4, 0.5) is 0 Å². The molecule has 0 unspecified atom stereocenters. The number of hydrogen-bond acceptors (Lipinski definition) is 2. The molecule has 168 valence electrons. The second-order valence-corrected chi connectivity index (χ2v) is 12.3. The number of rotatable bonds is 8. The summed E-state index contributed by atoms with van der Waals surface area (Å²) >= 11 is 0. The molecule has 0 aliphatic rings. The number of hydrogen-bond donors (Lipinski definition) is 0. The Hall–Kier alpha value is -3.74. The van der Waals surface area contributed by atoms with Gasteiger partial charge in [-0.15, -0.1) is 0 Å². The third kappa shape index (κ3) is 4.64. The quantitative estimate of drug-likeness (QED) is 0.269. The molecule has 0 aliphatic heterocycles. The predicted octanol–water partition coefficient (Wildman–Crippen LogP) is 5.89. The molecule has 0 radical (unpaired) electrons. The first-order chi connectivity index (χ1) is 16.9. The van der Waals surface area contributed by atoms with Crippen molar-refractivity contribution in [2.75, 3.05) is 0 Å². The van der Waals surface area contributed by atoms with Gasteiger partial charge in [-0.1, -0.05) is 0 Å². The van der Waals surface area contributed by atoms with E-state index in [1.54, 1.807) is 0 Å². The van der Waals surface area contributed by atoms with Crippen molar-refractivity contribution in [3.05, 3.63) is 151 Å². The van der Waals surface area contributed by atoms with Crippen molar-refractivity contribution in [2.24, 2.45) is 0 Å². The third-order valence-electron chi connectivity index (χ3n) is 6.32. The molecular weight excluding hydrogens is 433 g/mol. The maximum atomic E-state index is 6.29. The Kier molecular flexibility index (Phi) is 6.79. The number of aromatic nitrogens is 1. The molecule has 4 aromatic carbocycles. The van der Waals surface area contributed by atoms with Crippen molar-refractivity contribution in [1.82, 2.24) is 4.98 Å². The van der Waals surface area contributed by atoms with Crippen molar-refractivity contribution >= 4 is 23.2 Å². The van der Waals surface area contributed by atoms with Gasteiger partial charge in [0.15, 0.2) is 0 Å². The molecule has 0 saturated carbocycles. The van der Waals surface area contributed by atoms with E-state index in [0.29, 0.717) is 12.5 Å². The van der Waals surface area contributed by atoms with E-state index in [9.17, 15) is 0 Å². The zero-order valence-electron chi connectivity index (χ0n) is 19.0. The standard InChI is InChI=1S/C31H28NOP/c1-5-14-26(15-6-1)24-33-31-27(16-13-23-32-31)25-34(28-17-7-2-8-18-28,29-19-9-3-10-20-29)30-21-11-4-12-22-30/h1-23,34H,24-25H2. The molecule has 1 aromatic heterocycles. The van der Waals surface area contributed by atoms with E-state index in [1.165, 1.54) is 15.9 Å². The van der Waals surface area contributed by atoms with Crippen LogP contribution in [0.1, 0.15) is 11.1 Å². The number of benzene rings is 4. The van der Waals surface area contributed by atoms with Crippen molar-refractivity contribution in [2.45, 2.75) is 12.8 Å². The molecule has 1 heterocycles. The van der Waals surface area contributed by atoms with Crippen molar-refractivity contribution < 1.29 is 4.74 Å². The van der Waals surface area contributed by atoms with Crippen LogP contribution in [0.2, 0.25) is 0 Å². The molecule has 34 heavy (non-hydrogen) atoms. The number of ether oxygens (including phenoxy) is 1. The predicted molar refractivity (Wildman–Crippen MR) is 145 cm³/mol. The van der Waals surface area contributed by atoms with Crippen LogP contribution >= 0.6 is 7.26 Å². The normalized spacial score (nSPS) is 11.6. The fourth-order valence-electron chi connectivity index (χ4n) is 4.67. The first-order valence-corrected chi connectivity index (χ1v) is 13.8. The van der Waals surface area contributed by atoms with Gasteiger partial charge in [0.05, 0.1) is 0 Å². The number of pyridine rings is 1. The fraction of sp³-hybridized carbons (Fsp3) is 0.0645. The van der Waals surface area contributed by atoms with Crippen LogP contribution in [0, 0.1) is 0 Å². The third-order valence-corrected chi connectivity index (χ3v) is 11.2. The second-order valence-electron chi connectivity index (χ2n) is 8.42. The topological polar surface area (TPSA) is 22.1 Å². The van der Waals surface area contributed by atoms with E-state index in [4.69, 9.17) is 4.74 Å². The molecule has 0 fully saturated rings. The second kappa shape index (κ2) is 10.5. The van der Waals surface area contributed by atoms with Crippen LogP contribution in [0.15, 0.2) is 140 Å². The van der Waals surface area contributed by atoms with Crippen molar-refractivity contribution in [3.63, 3.8) is 0 Å². The van der Waals surface area contributed by atoms with Gasteiger partial charge in [-0.05, 0) is 0 Å². The Morgan fingerprint density at radius 3 is 1.50 bits per heavy atom. The van der Waals surface area contributed by atoms with E-state index in [1.807, 2.05) is 30.5 Å². The Bertz CT molecular complexity index is 1210. The molecule has 0 bridgehead atoms. The van der Waals surface area contributed by atoms with E-state index in [0.717, 1.165) is 17.3 Å². The van der Waals surface area contributed by atoms with Crippen LogP contribution < -0.4 is 20.7 Å². The van der Waals surface area contributed by atoms with Crippen LogP contribution in [-0.2, 0) is 12.8 Å². The van der Waals surface area contributed by atoms with Crippen LogP contribution in [0.5, 0.6) is 5.88 Å². The zero-order chi connectivity index (χ0) is 23.1. The molecule has 3 heteroatoms. The first-order valence-electron chi connectivity index (χ1n) is 11.6. The minimum absolute atomic E-state index is 0.501. The van der Waals surface area contributed by atoms with Gasteiger partial charge in [0.1, 0.15) is 0 Å². The molecule has 0 amide bonds. The molecule has 0 atom stereocenters. The molecule has 0 aliphatic carbocycles. The SMILES string of the molecule is c1ccc(COc2ncccc2C[PH](c2ccccc2)(c2ccccc2)c2ccccc2)cc1. The number of nitrogens with zero attached hydrogens (tertiary/aromatic N) is 1. The average molecular weight is 462 g/mol. The Labute approximate surface area is 202 Å². The monoisotopic (exact) mass is 461 g/mol. The summed E-state index contributed by atoms with van der Waals surface area (Å²) < 4.78 is 6.29. The van der Waals surface area contributed by atoms with Gasteiger partial charge in [-0.25, -0.2) is 0 Å². The summed E-state index contributed by atoms with van der Waals surface area (Å²) in [6.07, 6.45) is 2.68. The summed E-state index contributed by atoms with van der Waals surface area (Å²) in [5.74, 6) is 0.714. The van der Waals surface area contributed by atoms with Crippen molar-refractivity contribution in [3.8, 4) is 5.88 Å². The van der Waals surface area contributed by atoms with Gasteiger partial charge in [0.2, 0.25) is 0 Å². The summed E-state index contributed by atoms with van der Waals surface area (Å²) in [6.45, 7) is 0.501. The van der Waals surface area contributed by atoms with E-state index in [2.05, 4.69) is 114 Å². The van der Waals surface area contributed by atoms with Crippen LogP contribution in [0.3, 0.4) is 0 Å². The summed E-state index contributed by atoms with van der Waals surface area (Å²) in [6, 6.07) is 47.4. The molecule has 0 N–H and O–H groups in total. The maximum absolute atomic E-state index is 6.29. The van der Waals surface area contributed by atoms with Crippen LogP contribution in [-0.4, -0.2) is 4.98 Å². The molecule has 5 aromatic rings. The summed E-state index contributed by atoms with van der Waals surface area (Å²) in [5, 5.41) is 4.14. The van der Waals surface area contributed by atoms with Gasteiger partial charge in [-0.3, -0.25) is 0 Å². The molecule has 0 saturated heterocycles. The van der Waals surface area contributed by atoms with E-state index in [-0.39, 0.29) is 0 Å². The zero-order valence-corrected chi connectivity index (χ0v) is 20.0. The summed E-state index contributed by atoms with van der Waals surface area (Å²) in [7, 11) is -2.42. The molecule has 2 nitrogen and oxygen atoms in total. The molecule has 5 rings (SSSR count). The first kappa shape index (κ1) is 22.1. The molecular formula is C31H28NOP. The van der Waals surface area contributed by atoms with Gasteiger partial charge < -0.3 is 0 Å². The molecule has 0 spiro atoms. The Balaban J connectivity index is 1.63. The Morgan fingerprint density at radius 1 is 0.529 bits per heavy atom. The van der Waals surface area contributed by atoms with Gasteiger partial charge >= 0.3 is 202 Å². The van der Waals surface area contributed by atoms with E-state index < -0.39 is 7.26 Å². The summed E-state index contributed by atoms with van der Waals surface area (Å²) in [4.78, 5) is 4.66.